The second kappa shape index (κ2) is 10.8. The fourth-order valence-electron chi connectivity index (χ4n) is 2.74. The summed E-state index contributed by atoms with van der Waals surface area (Å²) in [7, 11) is 4.00. The third-order valence-corrected chi connectivity index (χ3v) is 4.05. The van der Waals surface area contributed by atoms with Crippen LogP contribution >= 0.6 is 0 Å². The number of nitrogens with zero attached hydrogens (tertiary/aromatic N) is 1. The van der Waals surface area contributed by atoms with Crippen LogP contribution in [0.2, 0.25) is 0 Å². The number of hydrogen-bond donors (Lipinski definition) is 1. The third kappa shape index (κ3) is 8.06. The number of likely N-dealkylation sites (N-methyl/N-ethyl adjacent to an activating group) is 1. The maximum absolute atomic E-state index is 5.01. The molecule has 108 valence electrons. The van der Waals surface area contributed by atoms with Gasteiger partial charge in [-0.2, -0.15) is 0 Å². The topological polar surface area (TPSA) is 24.5 Å². The van der Waals surface area contributed by atoms with Gasteiger partial charge in [-0.15, -0.1) is 0 Å². The molecule has 0 aromatic carbocycles. The molecule has 18 heavy (non-hydrogen) atoms. The average molecular weight is 256 g/mol. The van der Waals surface area contributed by atoms with Crippen LogP contribution in [-0.4, -0.2) is 51.8 Å². The molecule has 1 saturated carbocycles. The van der Waals surface area contributed by atoms with Crippen LogP contribution < -0.4 is 5.32 Å². The summed E-state index contributed by atoms with van der Waals surface area (Å²) in [6.07, 6.45) is 10.2. The van der Waals surface area contributed by atoms with Gasteiger partial charge >= 0.3 is 0 Å². The van der Waals surface area contributed by atoms with Crippen LogP contribution in [0.15, 0.2) is 0 Å². The van der Waals surface area contributed by atoms with Crippen molar-refractivity contribution in [3.63, 3.8) is 0 Å². The normalized spacial score (nSPS) is 18.2. The van der Waals surface area contributed by atoms with E-state index < -0.39 is 0 Å². The second-order valence-electron chi connectivity index (χ2n) is 5.69. The van der Waals surface area contributed by atoms with Gasteiger partial charge in [0.05, 0.1) is 6.61 Å². The molecule has 0 aromatic rings. The number of hydrogen-bond acceptors (Lipinski definition) is 3. The molecule has 0 aromatic heterocycles. The lowest BCUT2D eigenvalue weighted by Gasteiger charge is -2.20. The molecule has 0 radical (unpaired) electrons. The molecule has 3 heteroatoms. The van der Waals surface area contributed by atoms with E-state index in [0.717, 1.165) is 32.2 Å². The lowest BCUT2D eigenvalue weighted by atomic mass is 9.96. The summed E-state index contributed by atoms with van der Waals surface area (Å²) in [5.41, 5.74) is 0. The summed E-state index contributed by atoms with van der Waals surface area (Å²) in [5.74, 6) is 0.997. The van der Waals surface area contributed by atoms with E-state index >= 15 is 0 Å². The fraction of sp³-hybridized carbons (Fsp3) is 1.00. The van der Waals surface area contributed by atoms with Crippen molar-refractivity contribution < 1.29 is 4.74 Å². The lowest BCUT2D eigenvalue weighted by Crippen LogP contribution is -2.32. The minimum atomic E-state index is 0.811. The molecule has 0 saturated heterocycles. The van der Waals surface area contributed by atoms with Gasteiger partial charge in [-0.3, -0.25) is 0 Å². The van der Waals surface area contributed by atoms with Gasteiger partial charge in [-0.25, -0.2) is 0 Å². The van der Waals surface area contributed by atoms with E-state index in [9.17, 15) is 0 Å². The van der Waals surface area contributed by atoms with E-state index in [-0.39, 0.29) is 0 Å². The van der Waals surface area contributed by atoms with Crippen LogP contribution in [0.1, 0.15) is 44.9 Å². The zero-order valence-corrected chi connectivity index (χ0v) is 12.4. The first kappa shape index (κ1) is 15.9. The highest BCUT2D eigenvalue weighted by molar-refractivity contribution is 4.66. The van der Waals surface area contributed by atoms with Crippen LogP contribution in [0.3, 0.4) is 0 Å². The predicted octanol–water partition coefficient (Wildman–Crippen LogP) is 2.51. The Balaban J connectivity index is 1.96. The Morgan fingerprint density at radius 2 is 1.78 bits per heavy atom. The van der Waals surface area contributed by atoms with Gasteiger partial charge in [0.15, 0.2) is 0 Å². The first-order chi connectivity index (χ1) is 8.83. The highest BCUT2D eigenvalue weighted by atomic mass is 16.5. The van der Waals surface area contributed by atoms with Gasteiger partial charge in [-0.1, -0.05) is 38.5 Å². The SMILES string of the molecule is COCCNCCN(C)CCC1CCCCCC1. The molecule has 0 heterocycles. The Bertz CT molecular complexity index is 179. The Labute approximate surface area is 113 Å². The summed E-state index contributed by atoms with van der Waals surface area (Å²) in [6, 6.07) is 0. The quantitative estimate of drug-likeness (QED) is 0.507. The molecular formula is C15H32N2O. The highest BCUT2D eigenvalue weighted by Gasteiger charge is 2.12. The van der Waals surface area contributed by atoms with Crippen molar-refractivity contribution in [1.29, 1.82) is 0 Å². The first-order valence-electron chi connectivity index (χ1n) is 7.71. The maximum atomic E-state index is 5.01. The molecule has 0 atom stereocenters. The smallest absolute Gasteiger partial charge is 0.0587 e. The van der Waals surface area contributed by atoms with Crippen LogP contribution in [0.25, 0.3) is 0 Å². The average Bonchev–Trinajstić information content (AvgIpc) is 2.64. The van der Waals surface area contributed by atoms with Crippen molar-refractivity contribution in [2.75, 3.05) is 46.9 Å². The molecule has 0 aliphatic heterocycles. The minimum absolute atomic E-state index is 0.811. The molecule has 1 fully saturated rings. The largest absolute Gasteiger partial charge is 0.383 e. The molecule has 0 amide bonds. The van der Waals surface area contributed by atoms with E-state index in [4.69, 9.17) is 4.74 Å². The van der Waals surface area contributed by atoms with Gasteiger partial charge in [0.25, 0.3) is 0 Å². The minimum Gasteiger partial charge on any atom is -0.383 e. The van der Waals surface area contributed by atoms with Gasteiger partial charge < -0.3 is 15.0 Å². The van der Waals surface area contributed by atoms with E-state index in [0.29, 0.717) is 0 Å². The van der Waals surface area contributed by atoms with E-state index in [1.807, 2.05) is 0 Å². The standard InChI is InChI=1S/C15H32N2O/c1-17(13-10-16-11-14-18-2)12-9-15-7-5-3-4-6-8-15/h15-16H,3-14H2,1-2H3. The van der Waals surface area contributed by atoms with Crippen LogP contribution in [0.4, 0.5) is 0 Å². The summed E-state index contributed by atoms with van der Waals surface area (Å²) in [6.45, 7) is 5.26. The molecular weight excluding hydrogens is 224 g/mol. The van der Waals surface area contributed by atoms with E-state index in [1.54, 1.807) is 7.11 Å². The van der Waals surface area contributed by atoms with Crippen LogP contribution in [0.5, 0.6) is 0 Å². The number of ether oxygens (including phenoxy) is 1. The predicted molar refractivity (Wildman–Crippen MR) is 78.1 cm³/mol. The van der Waals surface area contributed by atoms with Gasteiger partial charge in [0, 0.05) is 26.7 Å². The zero-order chi connectivity index (χ0) is 13.1. The highest BCUT2D eigenvalue weighted by Crippen LogP contribution is 2.25. The zero-order valence-electron chi connectivity index (χ0n) is 12.4. The van der Waals surface area contributed by atoms with Gasteiger partial charge in [0.2, 0.25) is 0 Å². The molecule has 0 spiro atoms. The lowest BCUT2D eigenvalue weighted by molar-refractivity contribution is 0.197. The van der Waals surface area contributed by atoms with Crippen molar-refractivity contribution in [3.05, 3.63) is 0 Å². The van der Waals surface area contributed by atoms with Gasteiger partial charge in [-0.05, 0) is 25.9 Å². The van der Waals surface area contributed by atoms with Crippen molar-refractivity contribution in [2.24, 2.45) is 5.92 Å². The molecule has 0 bridgehead atoms. The van der Waals surface area contributed by atoms with E-state index in [2.05, 4.69) is 17.3 Å². The molecule has 3 nitrogen and oxygen atoms in total. The number of nitrogens with one attached hydrogen (secondary N) is 1. The Morgan fingerprint density at radius 1 is 1.06 bits per heavy atom. The van der Waals surface area contributed by atoms with Crippen molar-refractivity contribution >= 4 is 0 Å². The Morgan fingerprint density at radius 3 is 2.44 bits per heavy atom. The Hall–Kier alpha value is -0.120. The second-order valence-corrected chi connectivity index (χ2v) is 5.69. The molecule has 0 unspecified atom stereocenters. The van der Waals surface area contributed by atoms with Crippen molar-refractivity contribution in [3.8, 4) is 0 Å². The number of rotatable bonds is 9. The summed E-state index contributed by atoms with van der Waals surface area (Å²) in [5, 5.41) is 3.40. The molecule has 1 N–H and O–H groups in total. The summed E-state index contributed by atoms with van der Waals surface area (Å²) < 4.78 is 5.01. The fourth-order valence-corrected chi connectivity index (χ4v) is 2.74. The summed E-state index contributed by atoms with van der Waals surface area (Å²) >= 11 is 0. The van der Waals surface area contributed by atoms with Gasteiger partial charge in [0.1, 0.15) is 0 Å². The Kier molecular flexibility index (Phi) is 9.54. The third-order valence-electron chi connectivity index (χ3n) is 4.05. The maximum Gasteiger partial charge on any atom is 0.0587 e. The van der Waals surface area contributed by atoms with Crippen LogP contribution in [-0.2, 0) is 4.74 Å². The van der Waals surface area contributed by atoms with Crippen molar-refractivity contribution in [1.82, 2.24) is 10.2 Å². The monoisotopic (exact) mass is 256 g/mol. The number of methoxy groups -OCH3 is 1. The molecule has 1 aliphatic rings. The van der Waals surface area contributed by atoms with E-state index in [1.165, 1.54) is 51.5 Å². The molecule has 1 aliphatic carbocycles. The van der Waals surface area contributed by atoms with Crippen molar-refractivity contribution in [2.45, 2.75) is 44.9 Å². The van der Waals surface area contributed by atoms with Crippen LogP contribution in [0, 0.1) is 5.92 Å². The summed E-state index contributed by atoms with van der Waals surface area (Å²) in [4.78, 5) is 2.46. The molecule has 1 rings (SSSR count). The first-order valence-corrected chi connectivity index (χ1v) is 7.71.